The summed E-state index contributed by atoms with van der Waals surface area (Å²) in [5.74, 6) is 5.57. The summed E-state index contributed by atoms with van der Waals surface area (Å²) in [6, 6.07) is 0.291. The molecule has 0 bridgehead atoms. The highest BCUT2D eigenvalue weighted by molar-refractivity contribution is 4.66. The molecule has 3 N–H and O–H groups in total. The summed E-state index contributed by atoms with van der Waals surface area (Å²) in [4.78, 5) is 0. The second-order valence-corrected chi connectivity index (χ2v) is 6.55. The Bertz CT molecular complexity index is 190. The summed E-state index contributed by atoms with van der Waals surface area (Å²) < 4.78 is 5.76. The predicted octanol–water partition coefficient (Wildman–Crippen LogP) is 4.16. The molecule has 3 heteroatoms. The maximum Gasteiger partial charge on any atom is 0.0640 e. The van der Waals surface area contributed by atoms with Crippen molar-refractivity contribution in [1.29, 1.82) is 0 Å². The summed E-state index contributed by atoms with van der Waals surface area (Å²) in [6.45, 7) is 9.21. The molecule has 0 amide bonds. The second-order valence-electron chi connectivity index (χ2n) is 6.55. The molecule has 0 spiro atoms. The topological polar surface area (TPSA) is 47.3 Å². The van der Waals surface area contributed by atoms with E-state index in [9.17, 15) is 0 Å². The minimum Gasteiger partial charge on any atom is -0.374 e. The Morgan fingerprint density at radius 3 is 1.95 bits per heavy atom. The van der Waals surface area contributed by atoms with E-state index in [4.69, 9.17) is 10.6 Å². The van der Waals surface area contributed by atoms with Crippen LogP contribution in [0.2, 0.25) is 0 Å². The Hall–Kier alpha value is -0.120. The number of hydrazine groups is 1. The molecule has 0 aromatic carbocycles. The second kappa shape index (κ2) is 11.7. The van der Waals surface area contributed by atoms with Gasteiger partial charge in [-0.15, -0.1) is 0 Å². The van der Waals surface area contributed by atoms with Crippen LogP contribution in [-0.2, 0) is 4.74 Å². The SMILES string of the molecule is CCCCCCCCCCC(COC(C)(C)C)NN. The van der Waals surface area contributed by atoms with Gasteiger partial charge >= 0.3 is 0 Å². The van der Waals surface area contributed by atoms with Crippen LogP contribution in [0.1, 0.15) is 85.5 Å². The molecular formula is C16H36N2O. The van der Waals surface area contributed by atoms with Crippen LogP contribution >= 0.6 is 0 Å². The van der Waals surface area contributed by atoms with Gasteiger partial charge in [-0.25, -0.2) is 0 Å². The van der Waals surface area contributed by atoms with Crippen LogP contribution in [0, 0.1) is 0 Å². The van der Waals surface area contributed by atoms with E-state index in [-0.39, 0.29) is 5.60 Å². The summed E-state index contributed by atoms with van der Waals surface area (Å²) in [5, 5.41) is 0. The molecule has 0 aromatic rings. The smallest absolute Gasteiger partial charge is 0.0640 e. The zero-order valence-corrected chi connectivity index (χ0v) is 13.6. The van der Waals surface area contributed by atoms with Crippen LogP contribution in [0.25, 0.3) is 0 Å². The number of nitrogens with one attached hydrogen (secondary N) is 1. The van der Waals surface area contributed by atoms with Gasteiger partial charge in [0.25, 0.3) is 0 Å². The van der Waals surface area contributed by atoms with Gasteiger partial charge in [-0.05, 0) is 27.2 Å². The summed E-state index contributed by atoms with van der Waals surface area (Å²) >= 11 is 0. The highest BCUT2D eigenvalue weighted by Crippen LogP contribution is 2.12. The van der Waals surface area contributed by atoms with Crippen LogP contribution in [0.5, 0.6) is 0 Å². The van der Waals surface area contributed by atoms with Gasteiger partial charge in [-0.1, -0.05) is 58.3 Å². The van der Waals surface area contributed by atoms with Crippen molar-refractivity contribution in [1.82, 2.24) is 5.43 Å². The Balaban J connectivity index is 3.41. The molecule has 0 aliphatic carbocycles. The van der Waals surface area contributed by atoms with Crippen LogP contribution < -0.4 is 11.3 Å². The van der Waals surface area contributed by atoms with E-state index in [2.05, 4.69) is 33.1 Å². The fourth-order valence-electron chi connectivity index (χ4n) is 2.09. The molecule has 3 nitrogen and oxygen atoms in total. The summed E-state index contributed by atoms with van der Waals surface area (Å²) in [6.07, 6.45) is 12.0. The first-order valence-corrected chi connectivity index (χ1v) is 8.09. The average Bonchev–Trinajstić information content (AvgIpc) is 2.35. The molecule has 0 heterocycles. The molecule has 0 aliphatic heterocycles. The zero-order chi connectivity index (χ0) is 14.6. The van der Waals surface area contributed by atoms with Crippen molar-refractivity contribution in [3.8, 4) is 0 Å². The van der Waals surface area contributed by atoms with Crippen molar-refractivity contribution in [3.05, 3.63) is 0 Å². The number of unbranched alkanes of at least 4 members (excludes halogenated alkanes) is 7. The van der Waals surface area contributed by atoms with Crippen molar-refractivity contribution in [2.75, 3.05) is 6.61 Å². The molecule has 19 heavy (non-hydrogen) atoms. The van der Waals surface area contributed by atoms with Gasteiger partial charge in [-0.3, -0.25) is 11.3 Å². The van der Waals surface area contributed by atoms with E-state index in [1.54, 1.807) is 0 Å². The molecule has 1 unspecified atom stereocenters. The van der Waals surface area contributed by atoms with Crippen molar-refractivity contribution in [2.24, 2.45) is 5.84 Å². The predicted molar refractivity (Wildman–Crippen MR) is 84.0 cm³/mol. The maximum atomic E-state index is 5.76. The molecule has 0 aliphatic rings. The van der Waals surface area contributed by atoms with Crippen molar-refractivity contribution < 1.29 is 4.74 Å². The van der Waals surface area contributed by atoms with E-state index < -0.39 is 0 Å². The quantitative estimate of drug-likeness (QED) is 0.318. The van der Waals surface area contributed by atoms with E-state index in [0.717, 1.165) is 6.42 Å². The number of ether oxygens (including phenoxy) is 1. The van der Waals surface area contributed by atoms with Gasteiger partial charge in [0, 0.05) is 6.04 Å². The third-order valence-electron chi connectivity index (χ3n) is 3.36. The molecule has 0 radical (unpaired) electrons. The lowest BCUT2D eigenvalue weighted by Crippen LogP contribution is -2.40. The molecule has 0 rings (SSSR count). The molecule has 116 valence electrons. The largest absolute Gasteiger partial charge is 0.374 e. The summed E-state index contributed by atoms with van der Waals surface area (Å²) in [5.41, 5.74) is 2.79. The minimum absolute atomic E-state index is 0.0750. The maximum absolute atomic E-state index is 5.76. The van der Waals surface area contributed by atoms with E-state index >= 15 is 0 Å². The third kappa shape index (κ3) is 14.1. The Morgan fingerprint density at radius 2 is 1.47 bits per heavy atom. The van der Waals surface area contributed by atoms with Crippen LogP contribution in [0.3, 0.4) is 0 Å². The monoisotopic (exact) mass is 272 g/mol. The molecule has 0 aromatic heterocycles. The number of rotatable bonds is 12. The number of hydrogen-bond donors (Lipinski definition) is 2. The Labute approximate surface area is 120 Å². The van der Waals surface area contributed by atoms with Crippen LogP contribution in [0.15, 0.2) is 0 Å². The van der Waals surface area contributed by atoms with Crippen molar-refractivity contribution >= 4 is 0 Å². The van der Waals surface area contributed by atoms with Gasteiger partial charge in [0.2, 0.25) is 0 Å². The first-order chi connectivity index (χ1) is 8.99. The average molecular weight is 272 g/mol. The van der Waals surface area contributed by atoms with Crippen LogP contribution in [-0.4, -0.2) is 18.2 Å². The fraction of sp³-hybridized carbons (Fsp3) is 1.00. The lowest BCUT2D eigenvalue weighted by Gasteiger charge is -2.24. The van der Waals surface area contributed by atoms with Gasteiger partial charge in [0.1, 0.15) is 0 Å². The highest BCUT2D eigenvalue weighted by atomic mass is 16.5. The Kier molecular flexibility index (Phi) is 11.6. The normalized spacial score (nSPS) is 13.7. The zero-order valence-electron chi connectivity index (χ0n) is 13.6. The number of nitrogens with two attached hydrogens (primary N) is 1. The van der Waals surface area contributed by atoms with Gasteiger partial charge < -0.3 is 4.74 Å². The molecule has 1 atom stereocenters. The van der Waals surface area contributed by atoms with Crippen molar-refractivity contribution in [2.45, 2.75) is 97.1 Å². The minimum atomic E-state index is -0.0750. The van der Waals surface area contributed by atoms with Crippen LogP contribution in [0.4, 0.5) is 0 Å². The summed E-state index contributed by atoms with van der Waals surface area (Å²) in [7, 11) is 0. The lowest BCUT2D eigenvalue weighted by molar-refractivity contribution is -0.0156. The lowest BCUT2D eigenvalue weighted by atomic mass is 10.0. The van der Waals surface area contributed by atoms with Gasteiger partial charge in [-0.2, -0.15) is 0 Å². The molecular weight excluding hydrogens is 236 g/mol. The fourth-order valence-corrected chi connectivity index (χ4v) is 2.09. The Morgan fingerprint density at radius 1 is 0.947 bits per heavy atom. The van der Waals surface area contributed by atoms with E-state index in [0.29, 0.717) is 12.6 Å². The van der Waals surface area contributed by atoms with E-state index in [1.165, 1.54) is 51.4 Å². The van der Waals surface area contributed by atoms with Gasteiger partial charge in [0.05, 0.1) is 12.2 Å². The first-order valence-electron chi connectivity index (χ1n) is 8.09. The van der Waals surface area contributed by atoms with Crippen molar-refractivity contribution in [3.63, 3.8) is 0 Å². The van der Waals surface area contributed by atoms with E-state index in [1.807, 2.05) is 0 Å². The first kappa shape index (κ1) is 18.9. The third-order valence-corrected chi connectivity index (χ3v) is 3.36. The number of hydrogen-bond acceptors (Lipinski definition) is 3. The molecule has 0 saturated carbocycles. The standard InChI is InChI=1S/C16H36N2O/c1-5-6-7-8-9-10-11-12-13-15(18-17)14-19-16(2,3)4/h15,18H,5-14,17H2,1-4H3. The molecule has 0 fully saturated rings. The van der Waals surface area contributed by atoms with Gasteiger partial charge in [0.15, 0.2) is 0 Å². The molecule has 0 saturated heterocycles. The highest BCUT2D eigenvalue weighted by Gasteiger charge is 2.14.